The number of nitrogens with zero attached hydrogens (tertiary/aromatic N) is 4. The molecule has 6 nitrogen and oxygen atoms in total. The second-order valence-corrected chi connectivity index (χ2v) is 7.56. The Morgan fingerprint density at radius 2 is 1.86 bits per heavy atom. The Bertz CT molecular complexity index is 1220. The molecule has 0 fully saturated rings. The van der Waals surface area contributed by atoms with Crippen molar-refractivity contribution in [1.82, 2.24) is 18.9 Å². The molecular formula is C22H17N5OS. The highest BCUT2D eigenvalue weighted by molar-refractivity contribution is 7.15. The van der Waals surface area contributed by atoms with Crippen LogP contribution in [-0.4, -0.2) is 24.8 Å². The summed E-state index contributed by atoms with van der Waals surface area (Å²) in [7, 11) is 0. The van der Waals surface area contributed by atoms with E-state index in [-0.39, 0.29) is 5.91 Å². The van der Waals surface area contributed by atoms with Crippen molar-refractivity contribution in [3.8, 4) is 11.3 Å². The number of rotatable bonds is 5. The predicted octanol–water partition coefficient (Wildman–Crippen LogP) is 4.56. The first-order chi connectivity index (χ1) is 14.2. The Morgan fingerprint density at radius 3 is 2.59 bits per heavy atom. The third kappa shape index (κ3) is 3.68. The van der Waals surface area contributed by atoms with Gasteiger partial charge in [-0.25, -0.2) is 9.97 Å². The van der Waals surface area contributed by atoms with Gasteiger partial charge in [0, 0.05) is 53.5 Å². The minimum atomic E-state index is -0.130. The minimum absolute atomic E-state index is 0.130. The van der Waals surface area contributed by atoms with Crippen molar-refractivity contribution in [3.63, 3.8) is 0 Å². The molecule has 0 atom stereocenters. The van der Waals surface area contributed by atoms with E-state index in [1.165, 1.54) is 0 Å². The number of hydrogen-bond donors (Lipinski definition) is 1. The quantitative estimate of drug-likeness (QED) is 0.471. The maximum Gasteiger partial charge on any atom is 0.255 e. The van der Waals surface area contributed by atoms with Gasteiger partial charge in [0.25, 0.3) is 5.91 Å². The molecule has 0 aliphatic carbocycles. The SMILES string of the molecule is O=C(Nc1ccc(-c2cn3ccsc3n2)cc1)c1ccc(Cn2ccnc2)cc1. The number of thiazole rings is 1. The smallest absolute Gasteiger partial charge is 0.255 e. The van der Waals surface area contributed by atoms with Gasteiger partial charge in [0.1, 0.15) is 0 Å². The van der Waals surface area contributed by atoms with E-state index in [2.05, 4.69) is 15.3 Å². The van der Waals surface area contributed by atoms with E-state index >= 15 is 0 Å². The zero-order chi connectivity index (χ0) is 19.6. The Labute approximate surface area is 171 Å². The number of carbonyl (C=O) groups excluding carboxylic acids is 1. The molecule has 29 heavy (non-hydrogen) atoms. The summed E-state index contributed by atoms with van der Waals surface area (Å²) in [6.07, 6.45) is 9.44. The first-order valence-corrected chi connectivity index (χ1v) is 10.0. The summed E-state index contributed by atoms with van der Waals surface area (Å²) < 4.78 is 3.99. The first kappa shape index (κ1) is 17.4. The fraction of sp³-hybridized carbons (Fsp3) is 0.0455. The molecule has 142 valence electrons. The van der Waals surface area contributed by atoms with E-state index in [9.17, 15) is 4.79 Å². The maximum absolute atomic E-state index is 12.5. The zero-order valence-electron chi connectivity index (χ0n) is 15.4. The monoisotopic (exact) mass is 399 g/mol. The summed E-state index contributed by atoms with van der Waals surface area (Å²) in [6, 6.07) is 15.3. The van der Waals surface area contributed by atoms with Crippen molar-refractivity contribution < 1.29 is 4.79 Å². The van der Waals surface area contributed by atoms with E-state index < -0.39 is 0 Å². The fourth-order valence-electron chi connectivity index (χ4n) is 3.15. The fourth-order valence-corrected chi connectivity index (χ4v) is 3.85. The first-order valence-electron chi connectivity index (χ1n) is 9.13. The third-order valence-electron chi connectivity index (χ3n) is 4.67. The molecule has 0 bridgehead atoms. The highest BCUT2D eigenvalue weighted by Crippen LogP contribution is 2.23. The molecule has 5 aromatic rings. The number of benzene rings is 2. The molecule has 1 N–H and O–H groups in total. The number of imidazole rings is 2. The highest BCUT2D eigenvalue weighted by Gasteiger charge is 2.08. The minimum Gasteiger partial charge on any atom is -0.333 e. The standard InChI is InChI=1S/C22H17N5OS/c28-21(18-3-1-16(2-4-18)13-26-10-9-23-15-26)24-19-7-5-17(6-8-19)20-14-27-11-12-29-22(27)25-20/h1-12,14-15H,13H2,(H,24,28). The average molecular weight is 399 g/mol. The van der Waals surface area contributed by atoms with Crippen LogP contribution in [0, 0.1) is 0 Å². The Hall–Kier alpha value is -3.71. The van der Waals surface area contributed by atoms with E-state index in [1.54, 1.807) is 23.9 Å². The average Bonchev–Trinajstić information content (AvgIpc) is 3.47. The van der Waals surface area contributed by atoms with Gasteiger partial charge < -0.3 is 9.88 Å². The molecule has 0 aliphatic rings. The molecule has 7 heteroatoms. The van der Waals surface area contributed by atoms with Gasteiger partial charge in [0.15, 0.2) is 4.96 Å². The number of hydrogen-bond acceptors (Lipinski definition) is 4. The molecule has 2 aromatic carbocycles. The van der Waals surface area contributed by atoms with Crippen LogP contribution in [0.5, 0.6) is 0 Å². The predicted molar refractivity (Wildman–Crippen MR) is 114 cm³/mol. The number of anilines is 1. The molecular weight excluding hydrogens is 382 g/mol. The maximum atomic E-state index is 12.5. The molecule has 1 amide bonds. The summed E-state index contributed by atoms with van der Waals surface area (Å²) >= 11 is 1.60. The van der Waals surface area contributed by atoms with Crippen LogP contribution in [0.15, 0.2) is 85.0 Å². The molecule has 0 saturated heterocycles. The molecule has 0 radical (unpaired) electrons. The normalized spacial score (nSPS) is 11.0. The zero-order valence-corrected chi connectivity index (χ0v) is 16.2. The van der Waals surface area contributed by atoms with Crippen molar-refractivity contribution in [2.45, 2.75) is 6.54 Å². The molecule has 0 spiro atoms. The van der Waals surface area contributed by atoms with Gasteiger partial charge >= 0.3 is 0 Å². The van der Waals surface area contributed by atoms with E-state index in [4.69, 9.17) is 0 Å². The van der Waals surface area contributed by atoms with Crippen molar-refractivity contribution in [2.75, 3.05) is 5.32 Å². The van der Waals surface area contributed by atoms with E-state index in [0.29, 0.717) is 5.56 Å². The number of nitrogens with one attached hydrogen (secondary N) is 1. The second-order valence-electron chi connectivity index (χ2n) is 6.68. The van der Waals surface area contributed by atoms with Crippen molar-refractivity contribution >= 4 is 27.9 Å². The van der Waals surface area contributed by atoms with Gasteiger partial charge in [0.05, 0.1) is 12.0 Å². The summed E-state index contributed by atoms with van der Waals surface area (Å²) in [4.78, 5) is 22.1. The second kappa shape index (κ2) is 7.37. The van der Waals surface area contributed by atoms with Gasteiger partial charge in [-0.05, 0) is 29.8 Å². The lowest BCUT2D eigenvalue weighted by Gasteiger charge is -2.07. The van der Waals surface area contributed by atoms with Crippen molar-refractivity contribution in [1.29, 1.82) is 0 Å². The van der Waals surface area contributed by atoms with Gasteiger partial charge in [-0.15, -0.1) is 11.3 Å². The van der Waals surface area contributed by atoms with Crippen LogP contribution in [-0.2, 0) is 6.54 Å². The Balaban J connectivity index is 1.26. The molecule has 0 aliphatic heterocycles. The van der Waals surface area contributed by atoms with Crippen molar-refractivity contribution in [3.05, 3.63) is 96.2 Å². The Morgan fingerprint density at radius 1 is 1.03 bits per heavy atom. The highest BCUT2D eigenvalue weighted by atomic mass is 32.1. The number of aromatic nitrogens is 4. The van der Waals surface area contributed by atoms with Crippen LogP contribution in [0.25, 0.3) is 16.2 Å². The molecule has 3 heterocycles. The molecule has 0 saturated carbocycles. The lowest BCUT2D eigenvalue weighted by atomic mass is 10.1. The lowest BCUT2D eigenvalue weighted by Crippen LogP contribution is -2.11. The van der Waals surface area contributed by atoms with Crippen LogP contribution < -0.4 is 5.32 Å². The number of fused-ring (bicyclic) bond motifs is 1. The molecule has 5 rings (SSSR count). The van der Waals surface area contributed by atoms with Crippen LogP contribution >= 0.6 is 11.3 Å². The largest absolute Gasteiger partial charge is 0.333 e. The Kier molecular flexibility index (Phi) is 4.42. The summed E-state index contributed by atoms with van der Waals surface area (Å²) in [5.41, 5.74) is 4.43. The van der Waals surface area contributed by atoms with E-state index in [1.807, 2.05) is 81.5 Å². The van der Waals surface area contributed by atoms with Crippen LogP contribution in [0.4, 0.5) is 5.69 Å². The van der Waals surface area contributed by atoms with E-state index in [0.717, 1.165) is 34.0 Å². The number of carbonyl (C=O) groups is 1. The molecule has 0 unspecified atom stereocenters. The lowest BCUT2D eigenvalue weighted by molar-refractivity contribution is 0.102. The third-order valence-corrected chi connectivity index (χ3v) is 5.44. The summed E-state index contributed by atoms with van der Waals surface area (Å²) in [6.45, 7) is 0.731. The van der Waals surface area contributed by atoms with Gasteiger partial charge in [-0.2, -0.15) is 0 Å². The van der Waals surface area contributed by atoms with Crippen LogP contribution in [0.2, 0.25) is 0 Å². The summed E-state index contributed by atoms with van der Waals surface area (Å²) in [5.74, 6) is -0.130. The summed E-state index contributed by atoms with van der Waals surface area (Å²) in [5, 5.41) is 4.95. The topological polar surface area (TPSA) is 64.2 Å². The van der Waals surface area contributed by atoms with Crippen LogP contribution in [0.3, 0.4) is 0 Å². The van der Waals surface area contributed by atoms with Gasteiger partial charge in [0.2, 0.25) is 0 Å². The molecule has 3 aromatic heterocycles. The van der Waals surface area contributed by atoms with Crippen LogP contribution in [0.1, 0.15) is 15.9 Å². The van der Waals surface area contributed by atoms with Crippen molar-refractivity contribution in [2.24, 2.45) is 0 Å². The van der Waals surface area contributed by atoms with Gasteiger partial charge in [-0.3, -0.25) is 9.20 Å². The number of amides is 1. The van der Waals surface area contributed by atoms with Gasteiger partial charge in [-0.1, -0.05) is 24.3 Å².